The molecule has 0 fully saturated rings. The van der Waals surface area contributed by atoms with E-state index in [-0.39, 0.29) is 5.56 Å². The van der Waals surface area contributed by atoms with Gasteiger partial charge in [0.25, 0.3) is 0 Å². The molecule has 1 aromatic carbocycles. The Bertz CT molecular complexity index is 587. The van der Waals surface area contributed by atoms with Gasteiger partial charge in [-0.05, 0) is 20.8 Å². The van der Waals surface area contributed by atoms with E-state index in [1.54, 1.807) is 18.2 Å². The highest BCUT2D eigenvalue weighted by Gasteiger charge is 2.47. The second kappa shape index (κ2) is 5.13. The van der Waals surface area contributed by atoms with Gasteiger partial charge in [0.2, 0.25) is 0 Å². The minimum absolute atomic E-state index is 0.244. The highest BCUT2D eigenvalue weighted by Crippen LogP contribution is 2.26. The normalized spacial score (nSPS) is 13.8. The second-order valence-corrected chi connectivity index (χ2v) is 7.55. The minimum atomic E-state index is -4.13. The van der Waals surface area contributed by atoms with Crippen LogP contribution in [0.15, 0.2) is 30.3 Å². The summed E-state index contributed by atoms with van der Waals surface area (Å²) >= 11 is 0. The summed E-state index contributed by atoms with van der Waals surface area (Å²) in [6, 6.07) is 7.96. The van der Waals surface area contributed by atoms with Crippen molar-refractivity contribution in [2.24, 2.45) is 0 Å². The molecule has 1 aromatic rings. The van der Waals surface area contributed by atoms with Crippen LogP contribution < -0.4 is 0 Å². The van der Waals surface area contributed by atoms with Crippen LogP contribution in [0.25, 0.3) is 0 Å². The molecule has 1 N–H and O–H groups in total. The van der Waals surface area contributed by atoms with Gasteiger partial charge in [-0.1, -0.05) is 30.3 Å². The largest absolute Gasteiger partial charge is 0.480 e. The number of aliphatic carboxylic acids is 1. The van der Waals surface area contributed by atoms with E-state index in [0.29, 0.717) is 0 Å². The number of carboxylic acids is 1. The third kappa shape index (κ3) is 2.68. The van der Waals surface area contributed by atoms with Gasteiger partial charge >= 0.3 is 5.97 Å². The molecule has 0 saturated carbocycles. The van der Waals surface area contributed by atoms with Gasteiger partial charge in [0, 0.05) is 5.56 Å². The number of benzene rings is 1. The van der Waals surface area contributed by atoms with E-state index in [9.17, 15) is 18.0 Å². The molecule has 0 amide bonds. The third-order valence-corrected chi connectivity index (χ3v) is 5.85. The van der Waals surface area contributed by atoms with Crippen LogP contribution in [-0.2, 0) is 14.6 Å². The quantitative estimate of drug-likeness (QED) is 0.828. The number of carbonyl (C=O) groups excluding carboxylic acids is 1. The molecule has 0 radical (unpaired) electrons. The lowest BCUT2D eigenvalue weighted by atomic mass is 10.0. The predicted octanol–water partition coefficient (Wildman–Crippen LogP) is 1.54. The third-order valence-electron chi connectivity index (χ3n) is 3.11. The van der Waals surface area contributed by atoms with Crippen LogP contribution in [0.3, 0.4) is 0 Å². The van der Waals surface area contributed by atoms with Gasteiger partial charge in [-0.15, -0.1) is 0 Å². The van der Waals surface area contributed by atoms with E-state index in [0.717, 1.165) is 6.92 Å². The maximum atomic E-state index is 12.3. The van der Waals surface area contributed by atoms with Crippen LogP contribution in [-0.4, -0.2) is 35.3 Å². The van der Waals surface area contributed by atoms with Gasteiger partial charge in [0.05, 0.1) is 0 Å². The SMILES string of the molecule is CC(C(=O)O)S(=O)(=O)C(C)(C)C(=O)c1ccccc1. The van der Waals surface area contributed by atoms with Crippen molar-refractivity contribution in [3.63, 3.8) is 0 Å². The first-order valence-electron chi connectivity index (χ1n) is 5.68. The Balaban J connectivity index is 3.25. The molecule has 0 aliphatic rings. The number of carboxylic acid groups (broad SMARTS) is 1. The maximum absolute atomic E-state index is 12.3. The van der Waals surface area contributed by atoms with E-state index < -0.39 is 31.6 Å². The lowest BCUT2D eigenvalue weighted by molar-refractivity contribution is -0.136. The van der Waals surface area contributed by atoms with Gasteiger partial charge in [0.1, 0.15) is 4.75 Å². The van der Waals surface area contributed by atoms with Gasteiger partial charge in [0.15, 0.2) is 20.9 Å². The molecule has 19 heavy (non-hydrogen) atoms. The van der Waals surface area contributed by atoms with E-state index in [1.165, 1.54) is 26.0 Å². The molecule has 0 heterocycles. The summed E-state index contributed by atoms with van der Waals surface area (Å²) in [5.74, 6) is -2.07. The monoisotopic (exact) mass is 284 g/mol. The van der Waals surface area contributed by atoms with Crippen molar-refractivity contribution in [2.45, 2.75) is 30.8 Å². The average molecular weight is 284 g/mol. The smallest absolute Gasteiger partial charge is 0.321 e. The van der Waals surface area contributed by atoms with E-state index in [4.69, 9.17) is 5.11 Å². The van der Waals surface area contributed by atoms with E-state index in [2.05, 4.69) is 0 Å². The summed E-state index contributed by atoms with van der Waals surface area (Å²) in [5, 5.41) is 7.21. The Labute approximate surface area is 112 Å². The van der Waals surface area contributed by atoms with Crippen molar-refractivity contribution < 1.29 is 23.1 Å². The lowest BCUT2D eigenvalue weighted by Gasteiger charge is -2.25. The van der Waals surface area contributed by atoms with Crippen LogP contribution in [0, 0.1) is 0 Å². The summed E-state index contributed by atoms with van der Waals surface area (Å²) in [7, 11) is -4.13. The molecule has 6 heteroatoms. The van der Waals surface area contributed by atoms with Crippen LogP contribution in [0.5, 0.6) is 0 Å². The molecule has 0 aliphatic heterocycles. The second-order valence-electron chi connectivity index (χ2n) is 4.73. The molecular weight excluding hydrogens is 268 g/mol. The summed E-state index contributed by atoms with van der Waals surface area (Å²) in [6.45, 7) is 3.53. The van der Waals surface area contributed by atoms with Crippen molar-refractivity contribution in [3.05, 3.63) is 35.9 Å². The van der Waals surface area contributed by atoms with Crippen molar-refractivity contribution >= 4 is 21.6 Å². The lowest BCUT2D eigenvalue weighted by Crippen LogP contribution is -2.47. The summed E-state index contributed by atoms with van der Waals surface area (Å²) in [5.41, 5.74) is 0.244. The van der Waals surface area contributed by atoms with Crippen molar-refractivity contribution in [3.8, 4) is 0 Å². The Morgan fingerprint density at radius 2 is 1.63 bits per heavy atom. The van der Waals surface area contributed by atoms with Crippen molar-refractivity contribution in [1.29, 1.82) is 0 Å². The molecule has 1 rings (SSSR count). The van der Waals surface area contributed by atoms with Crippen molar-refractivity contribution in [1.82, 2.24) is 0 Å². The summed E-state index contributed by atoms with van der Waals surface area (Å²) < 4.78 is 22.6. The number of rotatable bonds is 5. The first-order chi connectivity index (χ1) is 8.62. The molecule has 1 unspecified atom stereocenters. The molecule has 0 aromatic heterocycles. The highest BCUT2D eigenvalue weighted by molar-refractivity contribution is 7.94. The van der Waals surface area contributed by atoms with Gasteiger partial charge in [-0.3, -0.25) is 9.59 Å². The van der Waals surface area contributed by atoms with Gasteiger partial charge in [-0.25, -0.2) is 8.42 Å². The molecular formula is C13H16O5S. The number of carbonyl (C=O) groups is 2. The summed E-state index contributed by atoms with van der Waals surface area (Å²) in [4.78, 5) is 23.1. The number of hydrogen-bond acceptors (Lipinski definition) is 4. The highest BCUT2D eigenvalue weighted by atomic mass is 32.2. The molecule has 0 aliphatic carbocycles. The molecule has 1 atom stereocenters. The number of Topliss-reactive ketones (excluding diaryl/α,β-unsaturated/α-hetero) is 1. The fourth-order valence-electron chi connectivity index (χ4n) is 1.64. The molecule has 5 nitrogen and oxygen atoms in total. The molecule has 0 spiro atoms. The number of hydrogen-bond donors (Lipinski definition) is 1. The molecule has 104 valence electrons. The molecule has 0 saturated heterocycles. The van der Waals surface area contributed by atoms with E-state index in [1.807, 2.05) is 0 Å². The van der Waals surface area contributed by atoms with Gasteiger partial charge in [-0.2, -0.15) is 0 Å². The first kappa shape index (κ1) is 15.4. The fourth-order valence-corrected chi connectivity index (χ4v) is 3.17. The van der Waals surface area contributed by atoms with E-state index >= 15 is 0 Å². The molecule has 0 bridgehead atoms. The van der Waals surface area contributed by atoms with Crippen LogP contribution in [0.1, 0.15) is 31.1 Å². The summed E-state index contributed by atoms with van der Waals surface area (Å²) in [6.07, 6.45) is 0. The standard InChI is InChI=1S/C13H16O5S/c1-9(12(15)16)19(17,18)13(2,3)11(14)10-7-5-4-6-8-10/h4-9H,1-3H3,(H,15,16). The van der Waals surface area contributed by atoms with Crippen LogP contribution >= 0.6 is 0 Å². The number of sulfone groups is 1. The Morgan fingerprint density at radius 3 is 2.05 bits per heavy atom. The zero-order valence-corrected chi connectivity index (χ0v) is 11.8. The minimum Gasteiger partial charge on any atom is -0.480 e. The Morgan fingerprint density at radius 1 is 1.16 bits per heavy atom. The Kier molecular flexibility index (Phi) is 4.15. The average Bonchev–Trinajstić information content (AvgIpc) is 2.37. The number of ketones is 1. The van der Waals surface area contributed by atoms with Crippen LogP contribution in [0.4, 0.5) is 0 Å². The van der Waals surface area contributed by atoms with Crippen molar-refractivity contribution in [2.75, 3.05) is 0 Å². The zero-order valence-electron chi connectivity index (χ0n) is 11.0. The zero-order chi connectivity index (χ0) is 14.8. The Hall–Kier alpha value is -1.69. The maximum Gasteiger partial charge on any atom is 0.321 e. The topological polar surface area (TPSA) is 88.5 Å². The van der Waals surface area contributed by atoms with Gasteiger partial charge < -0.3 is 5.11 Å². The first-order valence-corrected chi connectivity index (χ1v) is 7.23. The fraction of sp³-hybridized carbons (Fsp3) is 0.385. The predicted molar refractivity (Wildman–Crippen MR) is 70.9 cm³/mol. The van der Waals surface area contributed by atoms with Crippen LogP contribution in [0.2, 0.25) is 0 Å².